The van der Waals surface area contributed by atoms with E-state index in [1.807, 2.05) is 6.07 Å². The van der Waals surface area contributed by atoms with Crippen molar-refractivity contribution in [2.24, 2.45) is 0 Å². The summed E-state index contributed by atoms with van der Waals surface area (Å²) in [5.41, 5.74) is 2.17. The van der Waals surface area contributed by atoms with Gasteiger partial charge < -0.3 is 0 Å². The van der Waals surface area contributed by atoms with Gasteiger partial charge in [-0.15, -0.1) is 0 Å². The molecule has 0 amide bonds. The Kier molecular flexibility index (Phi) is 2.03. The van der Waals surface area contributed by atoms with E-state index >= 15 is 0 Å². The second-order valence-corrected chi connectivity index (χ2v) is 4.20. The van der Waals surface area contributed by atoms with Gasteiger partial charge in [0.25, 0.3) is 0 Å². The number of fused-ring (bicyclic) bond motifs is 1. The lowest BCUT2D eigenvalue weighted by atomic mass is 9.81. The van der Waals surface area contributed by atoms with Crippen LogP contribution >= 0.6 is 0 Å². The molecule has 72 valence electrons. The summed E-state index contributed by atoms with van der Waals surface area (Å²) < 4.78 is 12.9. The van der Waals surface area contributed by atoms with Crippen LogP contribution in [0.1, 0.15) is 30.9 Å². The van der Waals surface area contributed by atoms with Crippen LogP contribution in [0.15, 0.2) is 18.2 Å². The average Bonchev–Trinajstić information content (AvgIpc) is 2.44. The largest absolute Gasteiger partial charge is 0.207 e. The molecule has 1 aliphatic rings. The number of benzene rings is 1. The maximum atomic E-state index is 12.9. The summed E-state index contributed by atoms with van der Waals surface area (Å²) in [6, 6.07) is 7.12. The van der Waals surface area contributed by atoms with Gasteiger partial charge in [-0.2, -0.15) is 5.26 Å². The molecule has 0 N–H and O–H groups in total. The topological polar surface area (TPSA) is 23.8 Å². The Labute approximate surface area is 83.2 Å². The molecule has 0 aromatic heterocycles. The first-order chi connectivity index (χ1) is 6.65. The first-order valence-corrected chi connectivity index (χ1v) is 4.81. The van der Waals surface area contributed by atoms with Gasteiger partial charge in [-0.1, -0.05) is 13.0 Å². The van der Waals surface area contributed by atoms with E-state index in [4.69, 9.17) is 5.26 Å². The third-order valence-corrected chi connectivity index (χ3v) is 3.13. The van der Waals surface area contributed by atoms with Crippen molar-refractivity contribution < 1.29 is 4.39 Å². The van der Waals surface area contributed by atoms with Crippen LogP contribution in [0.5, 0.6) is 0 Å². The number of hydrogen-bond donors (Lipinski definition) is 0. The highest BCUT2D eigenvalue weighted by Gasteiger charge is 2.33. The van der Waals surface area contributed by atoms with Gasteiger partial charge in [-0.05, 0) is 36.1 Å². The molecule has 1 atom stereocenters. The highest BCUT2D eigenvalue weighted by atomic mass is 19.1. The highest BCUT2D eigenvalue weighted by molar-refractivity contribution is 5.39. The second kappa shape index (κ2) is 3.09. The van der Waals surface area contributed by atoms with E-state index in [0.29, 0.717) is 6.42 Å². The molecule has 0 radical (unpaired) electrons. The first-order valence-electron chi connectivity index (χ1n) is 4.81. The smallest absolute Gasteiger partial charge is 0.123 e. The van der Waals surface area contributed by atoms with Crippen LogP contribution in [0, 0.1) is 17.1 Å². The fraction of sp³-hybridized carbons (Fsp3) is 0.417. The number of halogens is 1. The third-order valence-electron chi connectivity index (χ3n) is 3.13. The summed E-state index contributed by atoms with van der Waals surface area (Å²) in [6.07, 6.45) is 2.37. The Morgan fingerprint density at radius 1 is 1.57 bits per heavy atom. The molecule has 0 saturated carbocycles. The minimum atomic E-state index is -0.176. The number of nitrogens with zero attached hydrogens (tertiary/aromatic N) is 1. The van der Waals surface area contributed by atoms with Crippen molar-refractivity contribution in [3.63, 3.8) is 0 Å². The monoisotopic (exact) mass is 189 g/mol. The summed E-state index contributed by atoms with van der Waals surface area (Å²) in [5.74, 6) is -0.176. The first kappa shape index (κ1) is 9.21. The van der Waals surface area contributed by atoms with Crippen LogP contribution in [0.4, 0.5) is 4.39 Å². The molecular formula is C12H12FN. The normalized spacial score (nSPS) is 24.4. The fourth-order valence-corrected chi connectivity index (χ4v) is 2.26. The Morgan fingerprint density at radius 2 is 2.36 bits per heavy atom. The molecule has 1 aliphatic carbocycles. The van der Waals surface area contributed by atoms with Gasteiger partial charge in [0.2, 0.25) is 0 Å². The van der Waals surface area contributed by atoms with E-state index in [1.165, 1.54) is 6.07 Å². The van der Waals surface area contributed by atoms with Crippen LogP contribution in [-0.4, -0.2) is 0 Å². The molecule has 0 bridgehead atoms. The quantitative estimate of drug-likeness (QED) is 0.666. The maximum Gasteiger partial charge on any atom is 0.123 e. The van der Waals surface area contributed by atoms with Crippen LogP contribution in [0.3, 0.4) is 0 Å². The lowest BCUT2D eigenvalue weighted by Gasteiger charge is -2.21. The van der Waals surface area contributed by atoms with Crippen molar-refractivity contribution in [1.29, 1.82) is 5.26 Å². The van der Waals surface area contributed by atoms with E-state index in [1.54, 1.807) is 6.07 Å². The number of rotatable bonds is 1. The van der Waals surface area contributed by atoms with Gasteiger partial charge in [0.15, 0.2) is 0 Å². The van der Waals surface area contributed by atoms with E-state index in [0.717, 1.165) is 24.0 Å². The summed E-state index contributed by atoms with van der Waals surface area (Å²) in [4.78, 5) is 0. The van der Waals surface area contributed by atoms with Crippen LogP contribution in [-0.2, 0) is 11.8 Å². The Hall–Kier alpha value is -1.36. The molecule has 0 aliphatic heterocycles. The van der Waals surface area contributed by atoms with Crippen molar-refractivity contribution in [3.05, 3.63) is 35.1 Å². The zero-order valence-corrected chi connectivity index (χ0v) is 8.18. The predicted molar refractivity (Wildman–Crippen MR) is 52.3 cm³/mol. The number of aryl methyl sites for hydroxylation is 1. The molecule has 1 nitrogen and oxygen atoms in total. The van der Waals surface area contributed by atoms with Crippen molar-refractivity contribution >= 4 is 0 Å². The standard InChI is InChI=1S/C12H12FN/c1-12(6-7-14)5-4-9-8-10(13)2-3-11(9)12/h2-3,8H,4-6H2,1H3/t12-/m1/s1. The van der Waals surface area contributed by atoms with Crippen LogP contribution < -0.4 is 0 Å². The molecule has 2 rings (SSSR count). The Bertz CT molecular complexity index is 405. The van der Waals surface area contributed by atoms with E-state index in [-0.39, 0.29) is 11.2 Å². The molecule has 0 heterocycles. The molecule has 14 heavy (non-hydrogen) atoms. The van der Waals surface area contributed by atoms with Crippen LogP contribution in [0.25, 0.3) is 0 Å². The SMILES string of the molecule is C[C@]1(CC#N)CCc2cc(F)ccc21. The second-order valence-electron chi connectivity index (χ2n) is 4.20. The van der Waals surface area contributed by atoms with Crippen molar-refractivity contribution in [3.8, 4) is 6.07 Å². The number of nitriles is 1. The van der Waals surface area contributed by atoms with Gasteiger partial charge in [0.1, 0.15) is 5.82 Å². The lowest BCUT2D eigenvalue weighted by Crippen LogP contribution is -2.16. The van der Waals surface area contributed by atoms with Crippen molar-refractivity contribution in [2.75, 3.05) is 0 Å². The molecule has 1 aromatic carbocycles. The lowest BCUT2D eigenvalue weighted by molar-refractivity contribution is 0.480. The highest BCUT2D eigenvalue weighted by Crippen LogP contribution is 2.41. The van der Waals surface area contributed by atoms with E-state index in [2.05, 4.69) is 13.0 Å². The summed E-state index contributed by atoms with van der Waals surface area (Å²) in [6.45, 7) is 2.08. The predicted octanol–water partition coefficient (Wildman–Crippen LogP) is 2.94. The summed E-state index contributed by atoms with van der Waals surface area (Å²) in [5, 5.41) is 8.75. The van der Waals surface area contributed by atoms with Gasteiger partial charge >= 0.3 is 0 Å². The van der Waals surface area contributed by atoms with E-state index in [9.17, 15) is 4.39 Å². The maximum absolute atomic E-state index is 12.9. The Balaban J connectivity index is 2.45. The Morgan fingerprint density at radius 3 is 3.07 bits per heavy atom. The molecule has 0 saturated heterocycles. The fourth-order valence-electron chi connectivity index (χ4n) is 2.26. The third kappa shape index (κ3) is 1.29. The van der Waals surface area contributed by atoms with Crippen LogP contribution in [0.2, 0.25) is 0 Å². The summed E-state index contributed by atoms with van der Waals surface area (Å²) >= 11 is 0. The minimum Gasteiger partial charge on any atom is -0.207 e. The van der Waals surface area contributed by atoms with Gasteiger partial charge in [-0.25, -0.2) is 4.39 Å². The molecule has 1 aromatic rings. The minimum absolute atomic E-state index is 0.0578. The average molecular weight is 189 g/mol. The molecule has 0 fully saturated rings. The van der Waals surface area contributed by atoms with Crippen molar-refractivity contribution in [2.45, 2.75) is 31.6 Å². The zero-order chi connectivity index (χ0) is 10.2. The van der Waals surface area contributed by atoms with Crippen molar-refractivity contribution in [1.82, 2.24) is 0 Å². The zero-order valence-electron chi connectivity index (χ0n) is 8.18. The van der Waals surface area contributed by atoms with Gasteiger partial charge in [0.05, 0.1) is 6.07 Å². The van der Waals surface area contributed by atoms with Gasteiger partial charge in [-0.3, -0.25) is 0 Å². The molecule has 0 spiro atoms. The molecule has 0 unspecified atom stereocenters. The molecular weight excluding hydrogens is 177 g/mol. The number of hydrogen-bond acceptors (Lipinski definition) is 1. The van der Waals surface area contributed by atoms with Gasteiger partial charge in [0, 0.05) is 11.8 Å². The summed E-state index contributed by atoms with van der Waals surface area (Å²) in [7, 11) is 0. The van der Waals surface area contributed by atoms with E-state index < -0.39 is 0 Å². The molecule has 2 heteroatoms.